The van der Waals surface area contributed by atoms with Gasteiger partial charge in [-0.05, 0) is 18.2 Å². The summed E-state index contributed by atoms with van der Waals surface area (Å²) in [5, 5.41) is 11.9. The second-order valence-electron chi connectivity index (χ2n) is 6.84. The van der Waals surface area contributed by atoms with Gasteiger partial charge in [-0.1, -0.05) is 18.2 Å². The fraction of sp³-hybridized carbons (Fsp3) is 0.200. The number of benzene rings is 2. The van der Waals surface area contributed by atoms with Gasteiger partial charge in [-0.3, -0.25) is 10.1 Å². The first-order valence-corrected chi connectivity index (χ1v) is 9.16. The summed E-state index contributed by atoms with van der Waals surface area (Å²) < 4.78 is 0. The Hall–Kier alpha value is -3.68. The van der Waals surface area contributed by atoms with Crippen LogP contribution in [0.3, 0.4) is 0 Å². The maximum absolute atomic E-state index is 10.8. The molecule has 0 bridgehead atoms. The average Bonchev–Trinajstić information content (AvgIpc) is 3.13. The number of H-pyrrole nitrogens is 1. The number of nitro groups is 1. The van der Waals surface area contributed by atoms with E-state index in [9.17, 15) is 10.1 Å². The predicted octanol–water partition coefficient (Wildman–Crippen LogP) is 3.35. The highest BCUT2D eigenvalue weighted by atomic mass is 16.6. The molecule has 140 valence electrons. The number of nitrogens with one attached hydrogen (secondary N) is 1. The standard InChI is InChI=1S/C20H18N6O2/c27-26(28)15-7-5-14(6-8-15)24-9-11-25(12-10-24)20-19-18(21-13-22-20)16-3-1-2-4-17(16)23-19/h1-8,13,23H,9-12H2. The molecule has 8 heteroatoms. The van der Waals surface area contributed by atoms with Gasteiger partial charge in [0.25, 0.3) is 5.69 Å². The van der Waals surface area contributed by atoms with Gasteiger partial charge in [-0.25, -0.2) is 9.97 Å². The van der Waals surface area contributed by atoms with Crippen molar-refractivity contribution in [3.63, 3.8) is 0 Å². The van der Waals surface area contributed by atoms with Gasteiger partial charge in [0.2, 0.25) is 0 Å². The van der Waals surface area contributed by atoms with Crippen molar-refractivity contribution in [2.75, 3.05) is 36.0 Å². The minimum Gasteiger partial charge on any atom is -0.368 e. The molecule has 1 aliphatic heterocycles. The van der Waals surface area contributed by atoms with Crippen LogP contribution in [0.15, 0.2) is 54.9 Å². The van der Waals surface area contributed by atoms with Crippen molar-refractivity contribution in [3.8, 4) is 0 Å². The van der Waals surface area contributed by atoms with E-state index in [2.05, 4.69) is 30.8 Å². The van der Waals surface area contributed by atoms with Crippen LogP contribution in [0.25, 0.3) is 21.9 Å². The van der Waals surface area contributed by atoms with Gasteiger partial charge in [0.05, 0.1) is 4.92 Å². The van der Waals surface area contributed by atoms with Crippen molar-refractivity contribution in [1.82, 2.24) is 15.0 Å². The Kier molecular flexibility index (Phi) is 3.82. The van der Waals surface area contributed by atoms with Gasteiger partial charge < -0.3 is 14.8 Å². The molecule has 1 aliphatic rings. The predicted molar refractivity (Wildman–Crippen MR) is 109 cm³/mol. The molecular formula is C20H18N6O2. The first-order valence-electron chi connectivity index (χ1n) is 9.16. The van der Waals surface area contributed by atoms with Crippen LogP contribution in [0.1, 0.15) is 0 Å². The molecule has 0 aliphatic carbocycles. The lowest BCUT2D eigenvalue weighted by molar-refractivity contribution is -0.384. The Morgan fingerprint density at radius 3 is 2.39 bits per heavy atom. The summed E-state index contributed by atoms with van der Waals surface area (Å²) in [6.07, 6.45) is 1.63. The Morgan fingerprint density at radius 1 is 0.929 bits per heavy atom. The molecular weight excluding hydrogens is 356 g/mol. The summed E-state index contributed by atoms with van der Waals surface area (Å²) in [5.74, 6) is 0.921. The number of anilines is 2. The van der Waals surface area contributed by atoms with Crippen molar-refractivity contribution in [2.24, 2.45) is 0 Å². The van der Waals surface area contributed by atoms with Crippen LogP contribution in [0.5, 0.6) is 0 Å². The molecule has 3 heterocycles. The first kappa shape index (κ1) is 16.5. The number of hydrogen-bond acceptors (Lipinski definition) is 6. The largest absolute Gasteiger partial charge is 0.368 e. The zero-order valence-corrected chi connectivity index (χ0v) is 15.1. The Labute approximate surface area is 160 Å². The number of fused-ring (bicyclic) bond motifs is 3. The summed E-state index contributed by atoms with van der Waals surface area (Å²) >= 11 is 0. The molecule has 1 N–H and O–H groups in total. The zero-order valence-electron chi connectivity index (χ0n) is 15.1. The van der Waals surface area contributed by atoms with Gasteiger partial charge >= 0.3 is 0 Å². The molecule has 1 fully saturated rings. The van der Waals surface area contributed by atoms with Crippen LogP contribution in [0.4, 0.5) is 17.2 Å². The lowest BCUT2D eigenvalue weighted by Gasteiger charge is -2.36. The third-order valence-corrected chi connectivity index (χ3v) is 5.27. The van der Waals surface area contributed by atoms with Gasteiger partial charge in [0.15, 0.2) is 5.82 Å². The molecule has 0 saturated carbocycles. The normalized spacial score (nSPS) is 14.7. The van der Waals surface area contributed by atoms with E-state index in [4.69, 9.17) is 0 Å². The van der Waals surface area contributed by atoms with Gasteiger partial charge in [-0.2, -0.15) is 0 Å². The van der Waals surface area contributed by atoms with E-state index >= 15 is 0 Å². The molecule has 0 spiro atoms. The van der Waals surface area contributed by atoms with Crippen LogP contribution in [0.2, 0.25) is 0 Å². The molecule has 0 atom stereocenters. The second kappa shape index (κ2) is 6.49. The molecule has 4 aromatic rings. The lowest BCUT2D eigenvalue weighted by Crippen LogP contribution is -2.46. The van der Waals surface area contributed by atoms with Gasteiger partial charge in [0, 0.05) is 54.9 Å². The molecule has 5 rings (SSSR count). The third kappa shape index (κ3) is 2.70. The number of aromatic amines is 1. The summed E-state index contributed by atoms with van der Waals surface area (Å²) in [5.41, 5.74) is 4.09. The van der Waals surface area contributed by atoms with Crippen molar-refractivity contribution < 1.29 is 4.92 Å². The van der Waals surface area contributed by atoms with E-state index in [-0.39, 0.29) is 10.6 Å². The van der Waals surface area contributed by atoms with Crippen molar-refractivity contribution in [1.29, 1.82) is 0 Å². The number of non-ortho nitro benzene ring substituents is 1. The third-order valence-electron chi connectivity index (χ3n) is 5.27. The number of nitrogens with zero attached hydrogens (tertiary/aromatic N) is 5. The molecule has 1 saturated heterocycles. The Balaban J connectivity index is 1.39. The smallest absolute Gasteiger partial charge is 0.269 e. The number of nitro benzene ring substituents is 1. The van der Waals surface area contributed by atoms with E-state index in [1.54, 1.807) is 18.5 Å². The van der Waals surface area contributed by atoms with Crippen molar-refractivity contribution >= 4 is 39.1 Å². The summed E-state index contributed by atoms with van der Waals surface area (Å²) in [7, 11) is 0. The number of aromatic nitrogens is 3. The average molecular weight is 374 g/mol. The lowest BCUT2D eigenvalue weighted by atomic mass is 10.2. The molecule has 2 aromatic carbocycles. The van der Waals surface area contributed by atoms with Crippen LogP contribution in [0, 0.1) is 10.1 Å². The zero-order chi connectivity index (χ0) is 19.1. The fourth-order valence-electron chi connectivity index (χ4n) is 3.83. The van der Waals surface area contributed by atoms with E-state index < -0.39 is 0 Å². The van der Waals surface area contributed by atoms with Gasteiger partial charge in [0.1, 0.15) is 17.4 Å². The monoisotopic (exact) mass is 374 g/mol. The number of rotatable bonds is 3. The summed E-state index contributed by atoms with van der Waals surface area (Å²) in [4.78, 5) is 27.4. The molecule has 2 aromatic heterocycles. The Morgan fingerprint density at radius 2 is 1.64 bits per heavy atom. The van der Waals surface area contributed by atoms with E-state index in [0.717, 1.165) is 59.6 Å². The minimum atomic E-state index is -0.373. The van der Waals surface area contributed by atoms with Crippen LogP contribution < -0.4 is 9.80 Å². The minimum absolute atomic E-state index is 0.115. The molecule has 8 nitrogen and oxygen atoms in total. The number of para-hydroxylation sites is 1. The summed E-state index contributed by atoms with van der Waals surface area (Å²) in [6.45, 7) is 3.28. The first-order chi connectivity index (χ1) is 13.7. The van der Waals surface area contributed by atoms with Crippen LogP contribution in [-0.4, -0.2) is 46.1 Å². The Bertz CT molecular complexity index is 1160. The molecule has 0 unspecified atom stereocenters. The second-order valence-corrected chi connectivity index (χ2v) is 6.84. The maximum atomic E-state index is 10.8. The SMILES string of the molecule is O=[N+]([O-])c1ccc(N2CCN(c3ncnc4c3[nH]c3ccccc34)CC2)cc1. The fourth-order valence-corrected chi connectivity index (χ4v) is 3.83. The molecule has 0 amide bonds. The van der Waals surface area contributed by atoms with Crippen molar-refractivity contribution in [3.05, 3.63) is 65.0 Å². The van der Waals surface area contributed by atoms with Gasteiger partial charge in [-0.15, -0.1) is 0 Å². The highest BCUT2D eigenvalue weighted by molar-refractivity contribution is 6.08. The quantitative estimate of drug-likeness (QED) is 0.437. The number of piperazine rings is 1. The summed E-state index contributed by atoms with van der Waals surface area (Å²) in [6, 6.07) is 14.9. The molecule has 28 heavy (non-hydrogen) atoms. The van der Waals surface area contributed by atoms with E-state index in [0.29, 0.717) is 0 Å². The molecule has 0 radical (unpaired) electrons. The number of hydrogen-bond donors (Lipinski definition) is 1. The topological polar surface area (TPSA) is 91.2 Å². The van der Waals surface area contributed by atoms with E-state index in [1.165, 1.54) is 0 Å². The van der Waals surface area contributed by atoms with Crippen LogP contribution in [-0.2, 0) is 0 Å². The van der Waals surface area contributed by atoms with Crippen molar-refractivity contribution in [2.45, 2.75) is 0 Å². The maximum Gasteiger partial charge on any atom is 0.269 e. The highest BCUT2D eigenvalue weighted by Gasteiger charge is 2.22. The highest BCUT2D eigenvalue weighted by Crippen LogP contribution is 2.30. The van der Waals surface area contributed by atoms with E-state index in [1.807, 2.05) is 30.3 Å². The van der Waals surface area contributed by atoms with Crippen LogP contribution >= 0.6 is 0 Å².